The topological polar surface area (TPSA) is 57.4 Å². The van der Waals surface area contributed by atoms with Gasteiger partial charge < -0.3 is 9.13 Å². The molecule has 0 bridgehead atoms. The van der Waals surface area contributed by atoms with E-state index >= 15 is 0 Å². The summed E-state index contributed by atoms with van der Waals surface area (Å²) in [5.74, 6) is 0.264. The molecule has 0 amide bonds. The summed E-state index contributed by atoms with van der Waals surface area (Å²) in [6.45, 7) is 2.31. The molecule has 0 saturated carbocycles. The van der Waals surface area contributed by atoms with Crippen LogP contribution in [0.5, 0.6) is 0 Å². The third-order valence-electron chi connectivity index (χ3n) is 8.86. The smallest absolute Gasteiger partial charge is 0.101 e. The lowest BCUT2D eigenvalue weighted by Gasteiger charge is -2.24. The summed E-state index contributed by atoms with van der Waals surface area (Å²) in [5, 5.41) is 23.3. The maximum absolute atomic E-state index is 10.0. The van der Waals surface area contributed by atoms with Crippen molar-refractivity contribution in [2.75, 3.05) is 0 Å². The van der Waals surface area contributed by atoms with Crippen molar-refractivity contribution in [3.05, 3.63) is 143 Å². The third-order valence-corrected chi connectivity index (χ3v) is 8.86. The van der Waals surface area contributed by atoms with Crippen molar-refractivity contribution in [2.45, 2.75) is 13.3 Å². The van der Waals surface area contributed by atoms with Gasteiger partial charge in [-0.05, 0) is 72.0 Å². The van der Waals surface area contributed by atoms with Gasteiger partial charge in [0.25, 0.3) is 0 Å². The monoisotopic (exact) mass is 550 g/mol. The molecule has 202 valence electrons. The van der Waals surface area contributed by atoms with Gasteiger partial charge in [0, 0.05) is 27.4 Å². The highest BCUT2D eigenvalue weighted by atomic mass is 15.0. The summed E-state index contributed by atoms with van der Waals surface area (Å²) in [6.07, 6.45) is 3.24. The largest absolute Gasteiger partial charge is 0.309 e. The molecule has 2 heterocycles. The number of aromatic nitrogens is 2. The Bertz CT molecular complexity index is 2370. The third kappa shape index (κ3) is 3.67. The Labute approximate surface area is 249 Å². The number of hydrogen-bond donors (Lipinski definition) is 0. The SMILES string of the molecule is CC1Cc2c(n(-c3ccccc3C#N)c3ccccc23)C=C1c1cccc2c3ccccc3n(-c3cccc(C#N)c3)c12. The molecule has 7 aromatic rings. The van der Waals surface area contributed by atoms with E-state index in [-0.39, 0.29) is 5.92 Å². The second-order valence-corrected chi connectivity index (χ2v) is 11.3. The Balaban J connectivity index is 1.46. The lowest BCUT2D eigenvalue weighted by Crippen LogP contribution is -2.12. The van der Waals surface area contributed by atoms with E-state index in [9.17, 15) is 10.5 Å². The predicted octanol–water partition coefficient (Wildman–Crippen LogP) is 9.20. The molecule has 1 aliphatic carbocycles. The highest BCUT2D eigenvalue weighted by molar-refractivity contribution is 6.13. The highest BCUT2D eigenvalue weighted by Crippen LogP contribution is 2.44. The zero-order valence-corrected chi connectivity index (χ0v) is 23.6. The molecular weight excluding hydrogens is 524 g/mol. The summed E-state index contributed by atoms with van der Waals surface area (Å²) in [4.78, 5) is 0. The quantitative estimate of drug-likeness (QED) is 0.220. The first-order valence-corrected chi connectivity index (χ1v) is 14.5. The number of benzene rings is 5. The first-order chi connectivity index (χ1) is 21.2. The number of para-hydroxylation sites is 4. The maximum Gasteiger partial charge on any atom is 0.101 e. The molecular formula is C39H26N4. The molecule has 0 radical (unpaired) electrons. The molecule has 1 atom stereocenters. The zero-order chi connectivity index (χ0) is 29.1. The molecule has 0 fully saturated rings. The van der Waals surface area contributed by atoms with Crippen LogP contribution in [0.25, 0.3) is 55.7 Å². The summed E-state index contributed by atoms with van der Waals surface area (Å²) in [7, 11) is 0. The van der Waals surface area contributed by atoms with E-state index in [1.165, 1.54) is 32.9 Å². The van der Waals surface area contributed by atoms with Crippen LogP contribution in [0.3, 0.4) is 0 Å². The fourth-order valence-corrected chi connectivity index (χ4v) is 7.00. The minimum Gasteiger partial charge on any atom is -0.309 e. The minimum absolute atomic E-state index is 0.264. The fraction of sp³-hybridized carbons (Fsp3) is 0.0769. The summed E-state index contributed by atoms with van der Waals surface area (Å²) in [5.41, 5.74) is 11.4. The Morgan fingerprint density at radius 1 is 0.674 bits per heavy atom. The van der Waals surface area contributed by atoms with Gasteiger partial charge in [0.15, 0.2) is 0 Å². The van der Waals surface area contributed by atoms with Gasteiger partial charge in [0.05, 0.1) is 45.1 Å². The molecule has 2 aromatic heterocycles. The average Bonchev–Trinajstić information content (AvgIpc) is 3.57. The van der Waals surface area contributed by atoms with Crippen molar-refractivity contribution >= 4 is 44.4 Å². The molecule has 0 saturated heterocycles. The summed E-state index contributed by atoms with van der Waals surface area (Å²) < 4.78 is 4.58. The Morgan fingerprint density at radius 3 is 2.19 bits per heavy atom. The normalized spacial score (nSPS) is 14.4. The van der Waals surface area contributed by atoms with E-state index in [2.05, 4.69) is 107 Å². The van der Waals surface area contributed by atoms with Crippen LogP contribution >= 0.6 is 0 Å². The second kappa shape index (κ2) is 9.62. The molecule has 1 aliphatic rings. The van der Waals surface area contributed by atoms with Crippen molar-refractivity contribution in [3.8, 4) is 23.5 Å². The standard InChI is InChI=1S/C39H26N4/c1-25-20-34-30-14-4-7-19-37(30)43(35-17-5-2-11-27(35)24-41)38(34)22-33(25)32-16-9-15-31-29-13-3-6-18-36(29)42(39(31)32)28-12-8-10-26(21-28)23-40/h2-19,21-22,25H,20H2,1H3. The van der Waals surface area contributed by atoms with Gasteiger partial charge in [-0.1, -0.05) is 79.7 Å². The van der Waals surface area contributed by atoms with Gasteiger partial charge in [0.1, 0.15) is 6.07 Å². The van der Waals surface area contributed by atoms with Gasteiger partial charge in [0.2, 0.25) is 0 Å². The molecule has 8 rings (SSSR count). The van der Waals surface area contributed by atoms with Crippen LogP contribution in [0.2, 0.25) is 0 Å². The summed E-state index contributed by atoms with van der Waals surface area (Å²) in [6, 6.07) is 44.0. The highest BCUT2D eigenvalue weighted by Gasteiger charge is 2.28. The Kier molecular flexibility index (Phi) is 5.58. The molecule has 43 heavy (non-hydrogen) atoms. The van der Waals surface area contributed by atoms with E-state index in [4.69, 9.17) is 0 Å². The van der Waals surface area contributed by atoms with Crippen molar-refractivity contribution in [3.63, 3.8) is 0 Å². The molecule has 0 aliphatic heterocycles. The van der Waals surface area contributed by atoms with E-state index in [1.54, 1.807) is 0 Å². The molecule has 5 aromatic carbocycles. The van der Waals surface area contributed by atoms with E-state index in [0.717, 1.165) is 40.0 Å². The minimum atomic E-state index is 0.264. The average molecular weight is 551 g/mol. The van der Waals surface area contributed by atoms with Crippen LogP contribution in [0, 0.1) is 28.6 Å². The van der Waals surface area contributed by atoms with Crippen molar-refractivity contribution in [1.82, 2.24) is 9.13 Å². The molecule has 4 heteroatoms. The van der Waals surface area contributed by atoms with E-state index in [0.29, 0.717) is 11.1 Å². The van der Waals surface area contributed by atoms with Crippen LogP contribution < -0.4 is 0 Å². The number of allylic oxidation sites excluding steroid dienone is 1. The predicted molar refractivity (Wildman–Crippen MR) is 174 cm³/mol. The molecule has 0 N–H and O–H groups in total. The van der Waals surface area contributed by atoms with Crippen molar-refractivity contribution in [2.24, 2.45) is 5.92 Å². The van der Waals surface area contributed by atoms with Crippen molar-refractivity contribution < 1.29 is 0 Å². The fourth-order valence-electron chi connectivity index (χ4n) is 7.00. The lowest BCUT2D eigenvalue weighted by molar-refractivity contribution is 0.738. The molecule has 1 unspecified atom stereocenters. The number of fused-ring (bicyclic) bond motifs is 6. The zero-order valence-electron chi connectivity index (χ0n) is 23.6. The van der Waals surface area contributed by atoms with Crippen LogP contribution in [0.1, 0.15) is 34.9 Å². The van der Waals surface area contributed by atoms with Crippen LogP contribution in [0.4, 0.5) is 0 Å². The van der Waals surface area contributed by atoms with Crippen LogP contribution in [-0.2, 0) is 6.42 Å². The number of hydrogen-bond acceptors (Lipinski definition) is 2. The second-order valence-electron chi connectivity index (χ2n) is 11.3. The lowest BCUT2D eigenvalue weighted by atomic mass is 9.82. The van der Waals surface area contributed by atoms with Gasteiger partial charge in [-0.15, -0.1) is 0 Å². The van der Waals surface area contributed by atoms with Crippen LogP contribution in [-0.4, -0.2) is 9.13 Å². The van der Waals surface area contributed by atoms with E-state index < -0.39 is 0 Å². The van der Waals surface area contributed by atoms with Crippen molar-refractivity contribution in [1.29, 1.82) is 10.5 Å². The van der Waals surface area contributed by atoms with Gasteiger partial charge in [-0.2, -0.15) is 10.5 Å². The summed E-state index contributed by atoms with van der Waals surface area (Å²) >= 11 is 0. The van der Waals surface area contributed by atoms with Gasteiger partial charge >= 0.3 is 0 Å². The van der Waals surface area contributed by atoms with Gasteiger partial charge in [-0.3, -0.25) is 0 Å². The first kappa shape index (κ1) is 24.9. The molecule has 0 spiro atoms. The van der Waals surface area contributed by atoms with Crippen LogP contribution in [0.15, 0.2) is 115 Å². The number of rotatable bonds is 3. The van der Waals surface area contributed by atoms with E-state index in [1.807, 2.05) is 42.5 Å². The number of nitrogens with zero attached hydrogens (tertiary/aromatic N) is 4. The molecule has 4 nitrogen and oxygen atoms in total. The van der Waals surface area contributed by atoms with Gasteiger partial charge in [-0.25, -0.2) is 0 Å². The Morgan fingerprint density at radius 2 is 1.37 bits per heavy atom. The maximum atomic E-state index is 10.0. The number of nitriles is 2. The first-order valence-electron chi connectivity index (χ1n) is 14.5. The Hall–Kier alpha value is -5.84.